The van der Waals surface area contributed by atoms with Gasteiger partial charge in [0.05, 0.1) is 26.2 Å². The van der Waals surface area contributed by atoms with Crippen LogP contribution in [0.5, 0.6) is 0 Å². The molecule has 100 valence electrons. The van der Waals surface area contributed by atoms with E-state index in [4.69, 9.17) is 0 Å². The molecule has 0 atom stereocenters. The van der Waals surface area contributed by atoms with Crippen LogP contribution in [0.3, 0.4) is 0 Å². The second kappa shape index (κ2) is 6.22. The van der Waals surface area contributed by atoms with Crippen molar-refractivity contribution in [2.24, 2.45) is 11.8 Å². The molecule has 0 spiro atoms. The van der Waals surface area contributed by atoms with Crippen LogP contribution in [0.15, 0.2) is 0 Å². The van der Waals surface area contributed by atoms with Gasteiger partial charge in [0.1, 0.15) is 0 Å². The Balaban J connectivity index is 1.91. The van der Waals surface area contributed by atoms with E-state index < -0.39 is 0 Å². The van der Waals surface area contributed by atoms with Crippen LogP contribution in [0.2, 0.25) is 0 Å². The van der Waals surface area contributed by atoms with Crippen molar-refractivity contribution in [3.05, 3.63) is 0 Å². The van der Waals surface area contributed by atoms with Crippen LogP contribution in [-0.2, 0) is 0 Å². The van der Waals surface area contributed by atoms with Crippen LogP contribution in [0.25, 0.3) is 0 Å². The molecule has 2 fully saturated rings. The topological polar surface area (TPSA) is 0 Å². The summed E-state index contributed by atoms with van der Waals surface area (Å²) >= 11 is 0. The van der Waals surface area contributed by atoms with Gasteiger partial charge in [-0.15, -0.1) is 0 Å². The minimum atomic E-state index is 1.05. The van der Waals surface area contributed by atoms with Gasteiger partial charge in [0, 0.05) is 11.8 Å². The van der Waals surface area contributed by atoms with Crippen molar-refractivity contribution < 1.29 is 4.48 Å². The lowest BCUT2D eigenvalue weighted by Crippen LogP contribution is -2.52. The molecule has 0 amide bonds. The Morgan fingerprint density at radius 2 is 1.06 bits per heavy atom. The van der Waals surface area contributed by atoms with Gasteiger partial charge in [-0.1, -0.05) is 25.7 Å². The van der Waals surface area contributed by atoms with Crippen LogP contribution in [0.1, 0.15) is 65.2 Å². The summed E-state index contributed by atoms with van der Waals surface area (Å²) in [6, 6.07) is 0. The largest absolute Gasteiger partial charge is 0.324 e. The van der Waals surface area contributed by atoms with Crippen molar-refractivity contribution in [1.82, 2.24) is 0 Å². The lowest BCUT2D eigenvalue weighted by molar-refractivity contribution is -0.931. The molecule has 2 saturated carbocycles. The second-order valence-electron chi connectivity index (χ2n) is 6.64. The Hall–Kier alpha value is -0.0400. The predicted molar refractivity (Wildman–Crippen MR) is 75.0 cm³/mol. The smallest absolute Gasteiger partial charge is 0.0815 e. The standard InChI is InChI=1S/C16H32N/c1-3-17(4-2,13-15-9-5-6-10-15)14-16-11-7-8-12-16/h15-16H,3-14H2,1-2H3/q+1. The highest BCUT2D eigenvalue weighted by atomic mass is 15.3. The maximum absolute atomic E-state index is 2.42. The fourth-order valence-corrected chi connectivity index (χ4v) is 4.30. The van der Waals surface area contributed by atoms with E-state index in [1.54, 1.807) is 0 Å². The molecule has 0 aliphatic heterocycles. The van der Waals surface area contributed by atoms with Crippen LogP contribution in [0, 0.1) is 11.8 Å². The quantitative estimate of drug-likeness (QED) is 0.608. The monoisotopic (exact) mass is 238 g/mol. The van der Waals surface area contributed by atoms with Crippen molar-refractivity contribution >= 4 is 0 Å². The predicted octanol–water partition coefficient (Wildman–Crippen LogP) is 4.22. The summed E-state index contributed by atoms with van der Waals surface area (Å²) in [4.78, 5) is 0. The zero-order chi connectivity index (χ0) is 12.1. The Bertz CT molecular complexity index is 188. The lowest BCUT2D eigenvalue weighted by atomic mass is 10.0. The molecule has 0 N–H and O–H groups in total. The molecule has 0 aromatic rings. The van der Waals surface area contributed by atoms with E-state index >= 15 is 0 Å². The first-order chi connectivity index (χ1) is 8.28. The van der Waals surface area contributed by atoms with E-state index in [1.165, 1.54) is 82.0 Å². The molecule has 0 saturated heterocycles. The molecule has 0 heterocycles. The Labute approximate surface area is 108 Å². The third-order valence-electron chi connectivity index (χ3n) is 5.58. The summed E-state index contributed by atoms with van der Waals surface area (Å²) in [6.45, 7) is 10.6. The van der Waals surface area contributed by atoms with E-state index in [0.29, 0.717) is 0 Å². The molecule has 17 heavy (non-hydrogen) atoms. The number of rotatable bonds is 6. The van der Waals surface area contributed by atoms with Crippen LogP contribution in [-0.4, -0.2) is 30.7 Å². The van der Waals surface area contributed by atoms with E-state index in [0.717, 1.165) is 11.8 Å². The normalized spacial score (nSPS) is 23.6. The molecule has 2 aliphatic carbocycles. The summed E-state index contributed by atoms with van der Waals surface area (Å²) in [6.07, 6.45) is 12.1. The fraction of sp³-hybridized carbons (Fsp3) is 1.00. The Morgan fingerprint density at radius 1 is 0.706 bits per heavy atom. The molecular weight excluding hydrogens is 206 g/mol. The first-order valence-electron chi connectivity index (χ1n) is 8.13. The van der Waals surface area contributed by atoms with Gasteiger partial charge >= 0.3 is 0 Å². The Morgan fingerprint density at radius 3 is 1.35 bits per heavy atom. The fourth-order valence-electron chi connectivity index (χ4n) is 4.30. The van der Waals surface area contributed by atoms with Gasteiger partial charge in [0.2, 0.25) is 0 Å². The van der Waals surface area contributed by atoms with Crippen molar-refractivity contribution in [3.63, 3.8) is 0 Å². The minimum Gasteiger partial charge on any atom is -0.324 e. The van der Waals surface area contributed by atoms with E-state index in [1.807, 2.05) is 0 Å². The molecule has 0 aromatic heterocycles. The first-order valence-corrected chi connectivity index (χ1v) is 8.13. The van der Waals surface area contributed by atoms with Crippen molar-refractivity contribution in [2.75, 3.05) is 26.2 Å². The molecule has 1 heteroatoms. The van der Waals surface area contributed by atoms with Gasteiger partial charge in [-0.25, -0.2) is 0 Å². The van der Waals surface area contributed by atoms with E-state index in [-0.39, 0.29) is 0 Å². The third-order valence-corrected chi connectivity index (χ3v) is 5.58. The molecule has 2 rings (SSSR count). The van der Waals surface area contributed by atoms with Gasteiger partial charge in [-0.05, 0) is 39.5 Å². The maximum Gasteiger partial charge on any atom is 0.0815 e. The van der Waals surface area contributed by atoms with E-state index in [2.05, 4.69) is 13.8 Å². The zero-order valence-corrected chi connectivity index (χ0v) is 12.1. The molecule has 0 unspecified atom stereocenters. The van der Waals surface area contributed by atoms with Gasteiger partial charge in [0.25, 0.3) is 0 Å². The zero-order valence-electron chi connectivity index (χ0n) is 12.1. The number of hydrogen-bond donors (Lipinski definition) is 0. The molecule has 0 aromatic carbocycles. The van der Waals surface area contributed by atoms with Gasteiger partial charge in [-0.2, -0.15) is 0 Å². The van der Waals surface area contributed by atoms with Crippen LogP contribution < -0.4 is 0 Å². The third kappa shape index (κ3) is 3.47. The van der Waals surface area contributed by atoms with Crippen LogP contribution in [0.4, 0.5) is 0 Å². The first kappa shape index (κ1) is 13.4. The molecule has 2 aliphatic rings. The van der Waals surface area contributed by atoms with Crippen molar-refractivity contribution in [3.8, 4) is 0 Å². The SMILES string of the molecule is CC[N+](CC)(CC1CCCC1)CC1CCCC1. The summed E-state index contributed by atoms with van der Waals surface area (Å²) in [5.74, 6) is 2.10. The average Bonchev–Trinajstić information content (AvgIpc) is 3.01. The molecule has 0 bridgehead atoms. The number of quaternary nitrogens is 1. The molecule has 0 radical (unpaired) electrons. The van der Waals surface area contributed by atoms with E-state index in [9.17, 15) is 0 Å². The highest BCUT2D eigenvalue weighted by Gasteiger charge is 2.33. The maximum atomic E-state index is 2.42. The highest BCUT2D eigenvalue weighted by molar-refractivity contribution is 4.70. The van der Waals surface area contributed by atoms with Crippen molar-refractivity contribution in [1.29, 1.82) is 0 Å². The highest BCUT2D eigenvalue weighted by Crippen LogP contribution is 2.32. The minimum absolute atomic E-state index is 1.05. The van der Waals surface area contributed by atoms with Gasteiger partial charge < -0.3 is 4.48 Å². The molecule has 1 nitrogen and oxygen atoms in total. The summed E-state index contributed by atoms with van der Waals surface area (Å²) < 4.78 is 1.43. The lowest BCUT2D eigenvalue weighted by Gasteiger charge is -2.40. The van der Waals surface area contributed by atoms with Gasteiger partial charge in [-0.3, -0.25) is 0 Å². The summed E-state index contributed by atoms with van der Waals surface area (Å²) in [5.41, 5.74) is 0. The summed E-state index contributed by atoms with van der Waals surface area (Å²) in [5, 5.41) is 0. The molecular formula is C16H32N+. The average molecular weight is 238 g/mol. The summed E-state index contributed by atoms with van der Waals surface area (Å²) in [7, 11) is 0. The Kier molecular flexibility index (Phi) is 4.90. The van der Waals surface area contributed by atoms with Crippen molar-refractivity contribution in [2.45, 2.75) is 65.2 Å². The number of nitrogens with zero attached hydrogens (tertiary/aromatic N) is 1. The number of hydrogen-bond acceptors (Lipinski definition) is 0. The van der Waals surface area contributed by atoms with Gasteiger partial charge in [0.15, 0.2) is 0 Å². The second-order valence-corrected chi connectivity index (χ2v) is 6.64. The van der Waals surface area contributed by atoms with Crippen LogP contribution >= 0.6 is 0 Å².